The summed E-state index contributed by atoms with van der Waals surface area (Å²) in [6, 6.07) is 16.4. The Bertz CT molecular complexity index is 1250. The van der Waals surface area contributed by atoms with Crippen LogP contribution in [0.3, 0.4) is 0 Å². The Kier molecular flexibility index (Phi) is 8.31. The summed E-state index contributed by atoms with van der Waals surface area (Å²) in [5.74, 6) is 0.326. The van der Waals surface area contributed by atoms with Crippen LogP contribution >= 0.6 is 0 Å². The number of amides is 2. The summed E-state index contributed by atoms with van der Waals surface area (Å²) in [6.45, 7) is 13.8. The summed E-state index contributed by atoms with van der Waals surface area (Å²) in [7, 11) is 0. The van der Waals surface area contributed by atoms with Gasteiger partial charge in [0.2, 0.25) is 0 Å². The molecule has 192 valence electrons. The van der Waals surface area contributed by atoms with Gasteiger partial charge in [-0.1, -0.05) is 44.2 Å². The van der Waals surface area contributed by atoms with E-state index in [0.29, 0.717) is 36.1 Å². The van der Waals surface area contributed by atoms with E-state index in [9.17, 15) is 9.59 Å². The first-order chi connectivity index (χ1) is 17.3. The fourth-order valence-electron chi connectivity index (χ4n) is 5.07. The Hall–Kier alpha value is -3.32. The van der Waals surface area contributed by atoms with Crippen LogP contribution in [-0.2, 0) is 6.54 Å². The number of aryl methyl sites for hydroxylation is 1. The molecular weight excluding hydrogens is 450 g/mol. The quantitative estimate of drug-likeness (QED) is 0.451. The van der Waals surface area contributed by atoms with Crippen LogP contribution in [0.2, 0.25) is 0 Å². The van der Waals surface area contributed by atoms with Crippen LogP contribution in [0.5, 0.6) is 0 Å². The number of urea groups is 1. The molecule has 1 aliphatic heterocycles. The second kappa shape index (κ2) is 11.6. The topological polar surface area (TPSA) is 69.6 Å². The highest BCUT2D eigenvalue weighted by Crippen LogP contribution is 2.22. The third-order valence-electron chi connectivity index (χ3n) is 6.79. The molecule has 1 atom stereocenters. The number of nitrogens with one attached hydrogen (secondary N) is 2. The number of nitrogens with zero attached hydrogens (tertiary/aromatic N) is 3. The zero-order valence-corrected chi connectivity index (χ0v) is 22.0. The van der Waals surface area contributed by atoms with E-state index < -0.39 is 0 Å². The van der Waals surface area contributed by atoms with Gasteiger partial charge in [-0.3, -0.25) is 9.69 Å². The zero-order chi connectivity index (χ0) is 25.7. The van der Waals surface area contributed by atoms with Gasteiger partial charge in [0.25, 0.3) is 5.56 Å². The highest BCUT2D eigenvalue weighted by atomic mass is 16.2. The normalized spacial score (nSPS) is 16.5. The Balaban J connectivity index is 1.28. The first kappa shape index (κ1) is 25.8. The standard InChI is InChI=1S/C29H39N5O2/c1-21(2)18-33-20-27(25-11-5-6-12-26(25)28(33)35)31-29(36)30-13-8-14-32-15-16-34(23(4)19-32)24-10-7-9-22(3)17-24/h5-7,9-12,17,20-21,23H,8,13-16,18-19H2,1-4H3,(H2,30,31,36)/t23-/m0/s1. The minimum atomic E-state index is -0.243. The molecule has 2 amide bonds. The maximum absolute atomic E-state index is 12.8. The number of hydrogen-bond donors (Lipinski definition) is 2. The van der Waals surface area contributed by atoms with Crippen LogP contribution in [0.1, 0.15) is 32.8 Å². The third-order valence-corrected chi connectivity index (χ3v) is 6.79. The second-order valence-corrected chi connectivity index (χ2v) is 10.4. The van der Waals surface area contributed by atoms with Crippen molar-refractivity contribution in [1.29, 1.82) is 0 Å². The number of aromatic nitrogens is 1. The first-order valence-corrected chi connectivity index (χ1v) is 13.0. The molecule has 1 aliphatic rings. The Morgan fingerprint density at radius 2 is 1.86 bits per heavy atom. The monoisotopic (exact) mass is 489 g/mol. The lowest BCUT2D eigenvalue weighted by molar-refractivity contribution is 0.224. The van der Waals surface area contributed by atoms with E-state index in [1.807, 2.05) is 24.3 Å². The summed E-state index contributed by atoms with van der Waals surface area (Å²) in [4.78, 5) is 30.5. The Morgan fingerprint density at radius 1 is 1.08 bits per heavy atom. The third kappa shape index (κ3) is 6.26. The van der Waals surface area contributed by atoms with E-state index in [1.165, 1.54) is 11.3 Å². The van der Waals surface area contributed by atoms with Gasteiger partial charge >= 0.3 is 6.03 Å². The van der Waals surface area contributed by atoms with Crippen molar-refractivity contribution in [2.45, 2.75) is 46.7 Å². The van der Waals surface area contributed by atoms with Crippen molar-refractivity contribution in [1.82, 2.24) is 14.8 Å². The van der Waals surface area contributed by atoms with Crippen LogP contribution in [0.15, 0.2) is 59.5 Å². The van der Waals surface area contributed by atoms with E-state index in [2.05, 4.69) is 72.4 Å². The average Bonchev–Trinajstić information content (AvgIpc) is 2.84. The molecule has 7 heteroatoms. The van der Waals surface area contributed by atoms with Gasteiger partial charge in [-0.25, -0.2) is 4.79 Å². The molecule has 0 aliphatic carbocycles. The van der Waals surface area contributed by atoms with Crippen molar-refractivity contribution in [3.05, 3.63) is 70.6 Å². The lowest BCUT2D eigenvalue weighted by Crippen LogP contribution is -2.52. The predicted octanol–water partition coefficient (Wildman–Crippen LogP) is 4.69. The van der Waals surface area contributed by atoms with Crippen molar-refractivity contribution in [2.24, 2.45) is 5.92 Å². The number of carbonyl (C=O) groups excluding carboxylic acids is 1. The van der Waals surface area contributed by atoms with E-state index in [-0.39, 0.29) is 11.6 Å². The second-order valence-electron chi connectivity index (χ2n) is 10.4. The smallest absolute Gasteiger partial charge is 0.319 e. The number of fused-ring (bicyclic) bond motifs is 1. The molecule has 2 aromatic carbocycles. The number of pyridine rings is 1. The molecule has 36 heavy (non-hydrogen) atoms. The molecule has 1 fully saturated rings. The molecule has 0 spiro atoms. The van der Waals surface area contributed by atoms with Crippen LogP contribution in [0.25, 0.3) is 10.8 Å². The largest absolute Gasteiger partial charge is 0.366 e. The molecule has 1 aromatic heterocycles. The molecule has 0 saturated carbocycles. The van der Waals surface area contributed by atoms with Crippen molar-refractivity contribution >= 4 is 28.2 Å². The van der Waals surface area contributed by atoms with Gasteiger partial charge in [-0.2, -0.15) is 0 Å². The SMILES string of the molecule is Cc1cccc(N2CCN(CCCNC(=O)Nc3cn(CC(C)C)c(=O)c4ccccc34)C[C@@H]2C)c1. The minimum absolute atomic E-state index is 0.0259. The fraction of sp³-hybridized carbons (Fsp3) is 0.448. The van der Waals surface area contributed by atoms with Gasteiger partial charge in [0.05, 0.1) is 5.69 Å². The van der Waals surface area contributed by atoms with Crippen LogP contribution in [0.4, 0.5) is 16.2 Å². The summed E-state index contributed by atoms with van der Waals surface area (Å²) in [6.07, 6.45) is 2.65. The highest BCUT2D eigenvalue weighted by molar-refractivity contribution is 6.00. The summed E-state index contributed by atoms with van der Waals surface area (Å²) in [5.41, 5.74) is 3.22. The van der Waals surface area contributed by atoms with Gasteiger partial charge in [0.1, 0.15) is 0 Å². The molecule has 7 nitrogen and oxygen atoms in total. The number of hydrogen-bond acceptors (Lipinski definition) is 4. The predicted molar refractivity (Wildman–Crippen MR) is 149 cm³/mol. The van der Waals surface area contributed by atoms with Crippen molar-refractivity contribution in [2.75, 3.05) is 42.9 Å². The lowest BCUT2D eigenvalue weighted by atomic mass is 10.1. The Labute approximate surface area is 214 Å². The van der Waals surface area contributed by atoms with Gasteiger partial charge < -0.3 is 20.1 Å². The average molecular weight is 490 g/mol. The summed E-state index contributed by atoms with van der Waals surface area (Å²) in [5, 5.41) is 7.34. The van der Waals surface area contributed by atoms with Crippen LogP contribution < -0.4 is 21.1 Å². The summed E-state index contributed by atoms with van der Waals surface area (Å²) >= 11 is 0. The molecule has 4 rings (SSSR count). The number of anilines is 2. The lowest BCUT2D eigenvalue weighted by Gasteiger charge is -2.41. The highest BCUT2D eigenvalue weighted by Gasteiger charge is 2.23. The number of benzene rings is 2. The molecule has 0 bridgehead atoms. The van der Waals surface area contributed by atoms with E-state index in [1.54, 1.807) is 10.8 Å². The molecule has 2 heterocycles. The molecule has 0 unspecified atom stereocenters. The Morgan fingerprint density at radius 3 is 2.58 bits per heavy atom. The first-order valence-electron chi connectivity index (χ1n) is 13.0. The number of carbonyl (C=O) groups is 1. The van der Waals surface area contributed by atoms with Crippen molar-refractivity contribution in [3.63, 3.8) is 0 Å². The summed E-state index contributed by atoms with van der Waals surface area (Å²) < 4.78 is 1.69. The number of piperazine rings is 1. The van der Waals surface area contributed by atoms with Gasteiger partial charge in [0, 0.05) is 61.4 Å². The van der Waals surface area contributed by atoms with Crippen LogP contribution in [0, 0.1) is 12.8 Å². The van der Waals surface area contributed by atoms with Gasteiger partial charge in [-0.15, -0.1) is 0 Å². The van der Waals surface area contributed by atoms with Gasteiger partial charge in [0.15, 0.2) is 0 Å². The van der Waals surface area contributed by atoms with Gasteiger partial charge in [-0.05, 0) is 56.5 Å². The molecule has 3 aromatic rings. The van der Waals surface area contributed by atoms with E-state index in [0.717, 1.165) is 38.0 Å². The molecular formula is C29H39N5O2. The number of rotatable bonds is 8. The molecule has 2 N–H and O–H groups in total. The zero-order valence-electron chi connectivity index (χ0n) is 22.0. The van der Waals surface area contributed by atoms with E-state index in [4.69, 9.17) is 0 Å². The molecule has 0 radical (unpaired) electrons. The van der Waals surface area contributed by atoms with Crippen molar-refractivity contribution in [3.8, 4) is 0 Å². The fourth-order valence-corrected chi connectivity index (χ4v) is 5.07. The van der Waals surface area contributed by atoms with E-state index >= 15 is 0 Å². The minimum Gasteiger partial charge on any atom is -0.366 e. The van der Waals surface area contributed by atoms with Crippen molar-refractivity contribution < 1.29 is 4.79 Å². The molecule has 1 saturated heterocycles. The van der Waals surface area contributed by atoms with Crippen LogP contribution in [-0.4, -0.2) is 54.3 Å². The maximum atomic E-state index is 12.8. The maximum Gasteiger partial charge on any atom is 0.319 e.